The highest BCUT2D eigenvalue weighted by Crippen LogP contribution is 2.29. The first-order valence-electron chi connectivity index (χ1n) is 4.13. The summed E-state index contributed by atoms with van der Waals surface area (Å²) in [6, 6.07) is 0. The zero-order valence-electron chi connectivity index (χ0n) is 7.59. The number of ether oxygens (including phenoxy) is 1. The second-order valence-electron chi connectivity index (χ2n) is 2.99. The van der Waals surface area contributed by atoms with Gasteiger partial charge in [-0.1, -0.05) is 13.0 Å². The van der Waals surface area contributed by atoms with Crippen molar-refractivity contribution in [2.24, 2.45) is 5.92 Å². The average Bonchev–Trinajstić information content (AvgIpc) is 2.45. The van der Waals surface area contributed by atoms with Crippen molar-refractivity contribution >= 4 is 5.78 Å². The minimum absolute atomic E-state index is 0.120. The van der Waals surface area contributed by atoms with Gasteiger partial charge in [-0.2, -0.15) is 0 Å². The molecular formula is C10H14O2. The molecule has 1 aliphatic carbocycles. The minimum atomic E-state index is 0.120. The second-order valence-corrected chi connectivity index (χ2v) is 2.99. The number of hydrogen-bond acceptors (Lipinski definition) is 2. The molecule has 1 rings (SSSR count). The molecule has 0 aromatic rings. The maximum atomic E-state index is 11.4. The predicted octanol–water partition coefficient (Wildman–Crippen LogP) is 2.07. The van der Waals surface area contributed by atoms with E-state index in [0.29, 0.717) is 6.42 Å². The largest absolute Gasteiger partial charge is 0.501 e. The van der Waals surface area contributed by atoms with Gasteiger partial charge in [-0.3, -0.25) is 4.79 Å². The summed E-state index contributed by atoms with van der Waals surface area (Å²) < 4.78 is 5.13. The summed E-state index contributed by atoms with van der Waals surface area (Å²) in [5, 5.41) is 0. The molecule has 0 fully saturated rings. The zero-order valence-corrected chi connectivity index (χ0v) is 7.59. The van der Waals surface area contributed by atoms with Crippen molar-refractivity contribution < 1.29 is 9.53 Å². The summed E-state index contributed by atoms with van der Waals surface area (Å²) in [5.41, 5.74) is 0.813. The lowest BCUT2D eigenvalue weighted by Gasteiger charge is -2.08. The number of methoxy groups -OCH3 is 1. The molecule has 0 N–H and O–H groups in total. The lowest BCUT2D eigenvalue weighted by atomic mass is 10.00. The van der Waals surface area contributed by atoms with Crippen LogP contribution in [0.1, 0.15) is 19.8 Å². The maximum absolute atomic E-state index is 11.4. The summed E-state index contributed by atoms with van der Waals surface area (Å²) in [5.74, 6) is 1.17. The molecule has 0 spiro atoms. The van der Waals surface area contributed by atoms with E-state index in [1.807, 2.05) is 6.92 Å². The Morgan fingerprint density at radius 3 is 2.75 bits per heavy atom. The van der Waals surface area contributed by atoms with Gasteiger partial charge >= 0.3 is 0 Å². The van der Waals surface area contributed by atoms with Crippen molar-refractivity contribution in [2.75, 3.05) is 7.11 Å². The first-order valence-corrected chi connectivity index (χ1v) is 4.13. The van der Waals surface area contributed by atoms with Crippen molar-refractivity contribution in [1.82, 2.24) is 0 Å². The summed E-state index contributed by atoms with van der Waals surface area (Å²) in [4.78, 5) is 11.4. The molecule has 0 aromatic heterocycles. The number of ketones is 1. The molecule has 1 atom stereocenters. The van der Waals surface area contributed by atoms with E-state index in [1.165, 1.54) is 0 Å². The molecule has 0 amide bonds. The van der Waals surface area contributed by atoms with E-state index in [2.05, 4.69) is 6.58 Å². The normalized spacial score (nSPS) is 19.7. The van der Waals surface area contributed by atoms with E-state index >= 15 is 0 Å². The third-order valence-corrected chi connectivity index (χ3v) is 2.24. The Balaban J connectivity index is 2.94. The van der Waals surface area contributed by atoms with Gasteiger partial charge < -0.3 is 4.74 Å². The van der Waals surface area contributed by atoms with Gasteiger partial charge in [-0.05, 0) is 0 Å². The van der Waals surface area contributed by atoms with Gasteiger partial charge in [0.1, 0.15) is 5.76 Å². The van der Waals surface area contributed by atoms with Crippen LogP contribution in [0.15, 0.2) is 24.0 Å². The molecule has 0 bridgehead atoms. The van der Waals surface area contributed by atoms with Crippen LogP contribution in [0.25, 0.3) is 0 Å². The number of carbonyl (C=O) groups is 1. The molecule has 1 aliphatic rings. The predicted molar refractivity (Wildman–Crippen MR) is 47.6 cm³/mol. The van der Waals surface area contributed by atoms with Crippen LogP contribution in [0.4, 0.5) is 0 Å². The molecule has 0 aromatic carbocycles. The van der Waals surface area contributed by atoms with Crippen LogP contribution >= 0.6 is 0 Å². The number of carbonyl (C=O) groups excluding carboxylic acids is 1. The van der Waals surface area contributed by atoms with Crippen molar-refractivity contribution in [3.05, 3.63) is 24.0 Å². The molecular weight excluding hydrogens is 152 g/mol. The maximum Gasteiger partial charge on any atom is 0.163 e. The summed E-state index contributed by atoms with van der Waals surface area (Å²) in [7, 11) is 1.61. The first kappa shape index (κ1) is 9.04. The van der Waals surface area contributed by atoms with E-state index in [0.717, 1.165) is 17.8 Å². The molecule has 2 nitrogen and oxygen atoms in total. The molecule has 0 heterocycles. The Kier molecular flexibility index (Phi) is 2.69. The topological polar surface area (TPSA) is 26.3 Å². The Morgan fingerprint density at radius 1 is 1.58 bits per heavy atom. The zero-order chi connectivity index (χ0) is 9.14. The van der Waals surface area contributed by atoms with Crippen molar-refractivity contribution in [3.8, 4) is 0 Å². The standard InChI is InChI=1S/C10H14O2/c1-4-7(2)10-8(11)5-6-9(10)12-3/h4,7H,1,5-6H2,2-3H3. The van der Waals surface area contributed by atoms with E-state index in [9.17, 15) is 4.79 Å². The summed E-state index contributed by atoms with van der Waals surface area (Å²) in [6.07, 6.45) is 3.12. The van der Waals surface area contributed by atoms with E-state index < -0.39 is 0 Å². The van der Waals surface area contributed by atoms with Gasteiger partial charge in [-0.15, -0.1) is 6.58 Å². The van der Waals surface area contributed by atoms with Crippen LogP contribution in [-0.4, -0.2) is 12.9 Å². The van der Waals surface area contributed by atoms with Crippen molar-refractivity contribution in [1.29, 1.82) is 0 Å². The van der Waals surface area contributed by atoms with Gasteiger partial charge in [0.2, 0.25) is 0 Å². The molecule has 0 aliphatic heterocycles. The average molecular weight is 166 g/mol. The Labute approximate surface area is 72.9 Å². The fourth-order valence-electron chi connectivity index (χ4n) is 1.49. The van der Waals surface area contributed by atoms with E-state index in [1.54, 1.807) is 13.2 Å². The monoisotopic (exact) mass is 166 g/mol. The van der Waals surface area contributed by atoms with E-state index in [4.69, 9.17) is 4.74 Å². The number of Topliss-reactive ketones (excluding diaryl/α,β-unsaturated/α-hetero) is 1. The van der Waals surface area contributed by atoms with Crippen LogP contribution < -0.4 is 0 Å². The fourth-order valence-corrected chi connectivity index (χ4v) is 1.49. The Hall–Kier alpha value is -1.05. The van der Waals surface area contributed by atoms with Crippen LogP contribution in [0, 0.1) is 5.92 Å². The molecule has 0 saturated heterocycles. The third kappa shape index (κ3) is 1.42. The van der Waals surface area contributed by atoms with Crippen LogP contribution in [0.5, 0.6) is 0 Å². The summed E-state index contributed by atoms with van der Waals surface area (Å²) in [6.45, 7) is 5.63. The van der Waals surface area contributed by atoms with Crippen LogP contribution in [0.3, 0.4) is 0 Å². The molecule has 2 heteroatoms. The van der Waals surface area contributed by atoms with Crippen LogP contribution in [0.2, 0.25) is 0 Å². The van der Waals surface area contributed by atoms with E-state index in [-0.39, 0.29) is 11.7 Å². The first-order chi connectivity index (χ1) is 5.70. The molecule has 0 saturated carbocycles. The third-order valence-electron chi connectivity index (χ3n) is 2.24. The highest BCUT2D eigenvalue weighted by molar-refractivity contribution is 5.98. The highest BCUT2D eigenvalue weighted by atomic mass is 16.5. The fraction of sp³-hybridized carbons (Fsp3) is 0.500. The highest BCUT2D eigenvalue weighted by Gasteiger charge is 2.26. The van der Waals surface area contributed by atoms with Gasteiger partial charge in [0.05, 0.1) is 7.11 Å². The van der Waals surface area contributed by atoms with Gasteiger partial charge in [-0.25, -0.2) is 0 Å². The second kappa shape index (κ2) is 3.57. The molecule has 66 valence electrons. The Bertz CT molecular complexity index is 238. The quantitative estimate of drug-likeness (QED) is 0.600. The van der Waals surface area contributed by atoms with Crippen molar-refractivity contribution in [2.45, 2.75) is 19.8 Å². The summed E-state index contributed by atoms with van der Waals surface area (Å²) >= 11 is 0. The van der Waals surface area contributed by atoms with Crippen molar-refractivity contribution in [3.63, 3.8) is 0 Å². The SMILES string of the molecule is C=CC(C)C1=C(OC)CCC1=O. The lowest BCUT2D eigenvalue weighted by molar-refractivity contribution is -0.115. The van der Waals surface area contributed by atoms with Gasteiger partial charge in [0.25, 0.3) is 0 Å². The molecule has 0 radical (unpaired) electrons. The van der Waals surface area contributed by atoms with Crippen LogP contribution in [-0.2, 0) is 9.53 Å². The smallest absolute Gasteiger partial charge is 0.163 e. The molecule has 12 heavy (non-hydrogen) atoms. The number of hydrogen-bond donors (Lipinski definition) is 0. The molecule has 1 unspecified atom stereocenters. The Morgan fingerprint density at radius 2 is 2.25 bits per heavy atom. The number of allylic oxidation sites excluding steroid dienone is 3. The minimum Gasteiger partial charge on any atom is -0.501 e. The number of rotatable bonds is 3. The lowest BCUT2D eigenvalue weighted by Crippen LogP contribution is -2.05. The van der Waals surface area contributed by atoms with Gasteiger partial charge in [0, 0.05) is 24.3 Å². The van der Waals surface area contributed by atoms with Gasteiger partial charge in [0.15, 0.2) is 5.78 Å².